The van der Waals surface area contributed by atoms with Gasteiger partial charge in [-0.05, 0) is 91.6 Å². The summed E-state index contributed by atoms with van der Waals surface area (Å²) >= 11 is 0. The monoisotopic (exact) mass is 537 g/mol. The lowest BCUT2D eigenvalue weighted by molar-refractivity contribution is -0.122. The second kappa shape index (κ2) is 13.1. The van der Waals surface area contributed by atoms with Gasteiger partial charge in [-0.25, -0.2) is 8.42 Å². The van der Waals surface area contributed by atoms with Crippen molar-refractivity contribution in [1.29, 1.82) is 0 Å². The SMILES string of the molecule is CC.Cc1ccc(-c2cccc(CCCOc3ccc(S(=O)(=O)C4(C(N)=O)CCOCC4)cc3)c2)cc1C. The number of aryl methyl sites for hydroxylation is 3. The summed E-state index contributed by atoms with van der Waals surface area (Å²) in [6.07, 6.45) is 1.82. The first-order valence-corrected chi connectivity index (χ1v) is 14.7. The lowest BCUT2D eigenvalue weighted by atomic mass is 9.98. The zero-order chi connectivity index (χ0) is 27.8. The Morgan fingerprint density at radius 2 is 1.58 bits per heavy atom. The number of hydrogen-bond donors (Lipinski definition) is 1. The number of sulfone groups is 1. The van der Waals surface area contributed by atoms with E-state index in [4.69, 9.17) is 15.2 Å². The fraction of sp³-hybridized carbons (Fsp3) is 0.387. The average Bonchev–Trinajstić information content (AvgIpc) is 2.94. The van der Waals surface area contributed by atoms with Gasteiger partial charge in [0.05, 0.1) is 11.5 Å². The molecule has 3 aromatic rings. The van der Waals surface area contributed by atoms with Crippen LogP contribution < -0.4 is 10.5 Å². The molecule has 1 saturated heterocycles. The lowest BCUT2D eigenvalue weighted by Crippen LogP contribution is -2.53. The number of carbonyl (C=O) groups excluding carboxylic acids is 1. The molecular formula is C31H39NO5S. The van der Waals surface area contributed by atoms with E-state index in [2.05, 4.69) is 56.3 Å². The Bertz CT molecular complexity index is 1330. The molecule has 3 aromatic carbocycles. The van der Waals surface area contributed by atoms with Crippen LogP contribution in [0.1, 0.15) is 49.8 Å². The molecule has 0 aromatic heterocycles. The minimum atomic E-state index is -3.94. The zero-order valence-electron chi connectivity index (χ0n) is 22.8. The van der Waals surface area contributed by atoms with Crippen molar-refractivity contribution in [3.63, 3.8) is 0 Å². The summed E-state index contributed by atoms with van der Waals surface area (Å²) in [7, 11) is -3.94. The Kier molecular flexibility index (Phi) is 10.1. The molecule has 1 aliphatic rings. The molecule has 0 spiro atoms. The fourth-order valence-electron chi connectivity index (χ4n) is 4.58. The van der Waals surface area contributed by atoms with Crippen LogP contribution in [0.5, 0.6) is 5.75 Å². The molecule has 0 bridgehead atoms. The minimum absolute atomic E-state index is 0.0631. The van der Waals surface area contributed by atoms with Crippen molar-refractivity contribution in [2.24, 2.45) is 5.73 Å². The van der Waals surface area contributed by atoms with Crippen molar-refractivity contribution >= 4 is 15.7 Å². The number of benzene rings is 3. The van der Waals surface area contributed by atoms with Gasteiger partial charge >= 0.3 is 0 Å². The Labute approximate surface area is 227 Å². The fourth-order valence-corrected chi connectivity index (χ4v) is 6.50. The Morgan fingerprint density at radius 1 is 0.921 bits per heavy atom. The van der Waals surface area contributed by atoms with Crippen LogP contribution in [0.3, 0.4) is 0 Å². The van der Waals surface area contributed by atoms with Gasteiger partial charge in [-0.15, -0.1) is 0 Å². The largest absolute Gasteiger partial charge is 0.494 e. The summed E-state index contributed by atoms with van der Waals surface area (Å²) in [5.74, 6) is -0.245. The van der Waals surface area contributed by atoms with Gasteiger partial charge in [-0.3, -0.25) is 4.79 Å². The van der Waals surface area contributed by atoms with Crippen LogP contribution in [-0.2, 0) is 25.8 Å². The van der Waals surface area contributed by atoms with Crippen molar-refractivity contribution in [3.8, 4) is 16.9 Å². The molecule has 0 radical (unpaired) electrons. The summed E-state index contributed by atoms with van der Waals surface area (Å²) in [6, 6.07) is 21.3. The maximum absolute atomic E-state index is 13.2. The maximum atomic E-state index is 13.2. The second-order valence-electron chi connectivity index (χ2n) is 9.40. The number of nitrogens with two attached hydrogens (primary N) is 1. The molecular weight excluding hydrogens is 498 g/mol. The summed E-state index contributed by atoms with van der Waals surface area (Å²) in [5.41, 5.74) is 11.8. The first kappa shape index (κ1) is 29.4. The van der Waals surface area contributed by atoms with E-state index in [1.54, 1.807) is 12.1 Å². The highest BCUT2D eigenvalue weighted by molar-refractivity contribution is 7.93. The topological polar surface area (TPSA) is 95.7 Å². The third kappa shape index (κ3) is 6.45. The van der Waals surface area contributed by atoms with Gasteiger partial charge < -0.3 is 15.2 Å². The first-order chi connectivity index (χ1) is 18.2. The highest BCUT2D eigenvalue weighted by Gasteiger charge is 2.51. The van der Waals surface area contributed by atoms with E-state index < -0.39 is 20.5 Å². The van der Waals surface area contributed by atoms with Gasteiger partial charge in [0, 0.05) is 13.2 Å². The van der Waals surface area contributed by atoms with E-state index in [0.29, 0.717) is 12.4 Å². The van der Waals surface area contributed by atoms with E-state index in [-0.39, 0.29) is 31.0 Å². The van der Waals surface area contributed by atoms with Crippen LogP contribution in [0.25, 0.3) is 11.1 Å². The van der Waals surface area contributed by atoms with Crippen LogP contribution in [0.2, 0.25) is 0 Å². The van der Waals surface area contributed by atoms with Gasteiger partial charge in [0.15, 0.2) is 14.6 Å². The number of amides is 1. The predicted octanol–water partition coefficient (Wildman–Crippen LogP) is 5.82. The van der Waals surface area contributed by atoms with Crippen molar-refractivity contribution < 1.29 is 22.7 Å². The number of carbonyl (C=O) groups is 1. The van der Waals surface area contributed by atoms with E-state index in [9.17, 15) is 13.2 Å². The minimum Gasteiger partial charge on any atom is -0.494 e. The molecule has 0 saturated carbocycles. The smallest absolute Gasteiger partial charge is 0.239 e. The lowest BCUT2D eigenvalue weighted by Gasteiger charge is -2.33. The van der Waals surface area contributed by atoms with Crippen LogP contribution >= 0.6 is 0 Å². The highest BCUT2D eigenvalue weighted by atomic mass is 32.2. The van der Waals surface area contributed by atoms with Gasteiger partial charge in [0.1, 0.15) is 5.75 Å². The molecule has 6 nitrogen and oxygen atoms in total. The summed E-state index contributed by atoms with van der Waals surface area (Å²) in [6.45, 7) is 9.13. The van der Waals surface area contributed by atoms with Crippen LogP contribution in [-0.4, -0.2) is 38.9 Å². The number of primary amides is 1. The first-order valence-electron chi connectivity index (χ1n) is 13.2. The van der Waals surface area contributed by atoms with Crippen molar-refractivity contribution in [1.82, 2.24) is 0 Å². The molecule has 4 rings (SSSR count). The molecule has 38 heavy (non-hydrogen) atoms. The normalized spacial score (nSPS) is 14.7. The maximum Gasteiger partial charge on any atom is 0.239 e. The van der Waals surface area contributed by atoms with Crippen LogP contribution in [0, 0.1) is 13.8 Å². The molecule has 1 heterocycles. The predicted molar refractivity (Wildman–Crippen MR) is 152 cm³/mol. The van der Waals surface area contributed by atoms with Crippen LogP contribution in [0.15, 0.2) is 71.6 Å². The summed E-state index contributed by atoms with van der Waals surface area (Å²) < 4.78 is 36.0. The van der Waals surface area contributed by atoms with Gasteiger partial charge in [0.2, 0.25) is 5.91 Å². The second-order valence-corrected chi connectivity index (χ2v) is 11.7. The Balaban J connectivity index is 0.00000195. The van der Waals surface area contributed by atoms with Gasteiger partial charge in [-0.2, -0.15) is 0 Å². The van der Waals surface area contributed by atoms with Crippen LogP contribution in [0.4, 0.5) is 0 Å². The van der Waals surface area contributed by atoms with Gasteiger partial charge in [-0.1, -0.05) is 56.3 Å². The van der Waals surface area contributed by atoms with Crippen molar-refractivity contribution in [3.05, 3.63) is 83.4 Å². The molecule has 2 N–H and O–H groups in total. The molecule has 0 aliphatic carbocycles. The van der Waals surface area contributed by atoms with Gasteiger partial charge in [0.25, 0.3) is 0 Å². The number of hydrogen-bond acceptors (Lipinski definition) is 5. The van der Waals surface area contributed by atoms with Crippen molar-refractivity contribution in [2.75, 3.05) is 19.8 Å². The Hall–Kier alpha value is -3.16. The molecule has 1 aliphatic heterocycles. The molecule has 1 fully saturated rings. The third-order valence-corrected chi connectivity index (χ3v) is 9.57. The van der Waals surface area contributed by atoms with Crippen molar-refractivity contribution in [2.45, 2.75) is 63.0 Å². The molecule has 1 amide bonds. The summed E-state index contributed by atoms with van der Waals surface area (Å²) in [5, 5.41) is 0. The Morgan fingerprint density at radius 3 is 2.21 bits per heavy atom. The van der Waals surface area contributed by atoms with E-state index in [1.165, 1.54) is 39.9 Å². The van der Waals surface area contributed by atoms with E-state index in [0.717, 1.165) is 12.8 Å². The quantitative estimate of drug-likeness (QED) is 0.347. The molecule has 204 valence electrons. The number of rotatable bonds is 9. The summed E-state index contributed by atoms with van der Waals surface area (Å²) in [4.78, 5) is 12.2. The molecule has 0 unspecified atom stereocenters. The molecule has 7 heteroatoms. The van der Waals surface area contributed by atoms with E-state index >= 15 is 0 Å². The number of ether oxygens (including phenoxy) is 2. The highest BCUT2D eigenvalue weighted by Crippen LogP contribution is 2.35. The third-order valence-electron chi connectivity index (χ3n) is 7.04. The van der Waals surface area contributed by atoms with E-state index in [1.807, 2.05) is 13.8 Å². The zero-order valence-corrected chi connectivity index (χ0v) is 23.6. The standard InChI is InChI=1S/C29H33NO5S.C2H6/c1-21-8-9-25(19-22(21)2)24-7-3-5-23(20-24)6-4-16-35-26-10-12-27(13-11-26)36(32,33)29(28(30)31)14-17-34-18-15-29;1-2/h3,5,7-13,19-20H,4,6,14-18H2,1-2H3,(H2,30,31);1-2H3. The average molecular weight is 538 g/mol. The molecule has 0 atom stereocenters.